The van der Waals surface area contributed by atoms with E-state index in [1.165, 1.54) is 18.2 Å². The predicted octanol–water partition coefficient (Wildman–Crippen LogP) is 3.14. The number of halogens is 1. The fraction of sp³-hybridized carbons (Fsp3) is 0.300. The van der Waals surface area contributed by atoms with E-state index in [-0.39, 0.29) is 18.5 Å². The van der Waals surface area contributed by atoms with Gasteiger partial charge in [-0.05, 0) is 43.7 Å². The van der Waals surface area contributed by atoms with Crippen LogP contribution in [0.25, 0.3) is 0 Å². The summed E-state index contributed by atoms with van der Waals surface area (Å²) in [6, 6.07) is 14.1. The number of aliphatic imine (C=N–C) groups is 1. The van der Waals surface area contributed by atoms with Crippen molar-refractivity contribution in [2.45, 2.75) is 26.5 Å². The molecule has 1 unspecified atom stereocenters. The number of para-hydroxylation sites is 1. The number of benzene rings is 2. The number of rotatable bonds is 6. The number of nitriles is 1. The molecule has 0 aliphatic rings. The molecule has 0 aliphatic carbocycles. The van der Waals surface area contributed by atoms with E-state index in [9.17, 15) is 4.39 Å². The van der Waals surface area contributed by atoms with Crippen LogP contribution >= 0.6 is 0 Å². The monoisotopic (exact) mass is 354 g/mol. The molecule has 1 atom stereocenters. The standard InChI is InChI=1S/C20H23FN4O/c1-14-6-4-5-7-19(14)26-15(2)12-24-20(23-3)25-13-17-10-16(11-22)8-9-18(17)21/h4-10,15H,12-13H2,1-3H3,(H2,23,24,25). The van der Waals surface area contributed by atoms with Gasteiger partial charge in [-0.2, -0.15) is 5.26 Å². The van der Waals surface area contributed by atoms with Gasteiger partial charge in [0.2, 0.25) is 0 Å². The minimum Gasteiger partial charge on any atom is -0.489 e. The molecule has 0 saturated heterocycles. The highest BCUT2D eigenvalue weighted by Crippen LogP contribution is 2.17. The second kappa shape index (κ2) is 9.42. The van der Waals surface area contributed by atoms with Crippen molar-refractivity contribution >= 4 is 5.96 Å². The maximum absolute atomic E-state index is 13.8. The lowest BCUT2D eigenvalue weighted by Gasteiger charge is -2.19. The zero-order valence-corrected chi connectivity index (χ0v) is 15.2. The topological polar surface area (TPSA) is 69.4 Å². The number of guanidine groups is 1. The molecular formula is C20H23FN4O. The van der Waals surface area contributed by atoms with Crippen molar-refractivity contribution in [2.24, 2.45) is 4.99 Å². The zero-order valence-electron chi connectivity index (χ0n) is 15.2. The summed E-state index contributed by atoms with van der Waals surface area (Å²) in [6.45, 7) is 4.73. The third-order valence-electron chi connectivity index (χ3n) is 3.82. The minimum atomic E-state index is -0.358. The van der Waals surface area contributed by atoms with Gasteiger partial charge in [-0.3, -0.25) is 4.99 Å². The van der Waals surface area contributed by atoms with E-state index >= 15 is 0 Å². The van der Waals surface area contributed by atoms with Gasteiger partial charge >= 0.3 is 0 Å². The van der Waals surface area contributed by atoms with Gasteiger partial charge in [-0.1, -0.05) is 18.2 Å². The average Bonchev–Trinajstić information content (AvgIpc) is 2.65. The number of nitrogens with one attached hydrogen (secondary N) is 2. The number of aryl methyl sites for hydroxylation is 1. The first-order valence-electron chi connectivity index (χ1n) is 8.38. The van der Waals surface area contributed by atoms with Crippen LogP contribution in [0.2, 0.25) is 0 Å². The van der Waals surface area contributed by atoms with Crippen LogP contribution in [-0.4, -0.2) is 25.7 Å². The molecule has 0 bridgehead atoms. The van der Waals surface area contributed by atoms with Crippen molar-refractivity contribution in [2.75, 3.05) is 13.6 Å². The number of nitrogens with zero attached hydrogens (tertiary/aromatic N) is 2. The molecule has 2 N–H and O–H groups in total. The Bertz CT molecular complexity index is 814. The van der Waals surface area contributed by atoms with Crippen LogP contribution in [0.15, 0.2) is 47.5 Å². The fourth-order valence-corrected chi connectivity index (χ4v) is 2.37. The summed E-state index contributed by atoms with van der Waals surface area (Å²) in [6.07, 6.45) is -0.0756. The van der Waals surface area contributed by atoms with Crippen molar-refractivity contribution in [3.63, 3.8) is 0 Å². The Hall–Kier alpha value is -3.07. The molecule has 0 amide bonds. The van der Waals surface area contributed by atoms with E-state index < -0.39 is 0 Å². The van der Waals surface area contributed by atoms with Crippen LogP contribution < -0.4 is 15.4 Å². The largest absolute Gasteiger partial charge is 0.489 e. The smallest absolute Gasteiger partial charge is 0.191 e. The first kappa shape index (κ1) is 19.3. The molecule has 0 radical (unpaired) electrons. The van der Waals surface area contributed by atoms with Crippen molar-refractivity contribution in [1.29, 1.82) is 5.26 Å². The van der Waals surface area contributed by atoms with Gasteiger partial charge in [0.05, 0.1) is 18.2 Å². The average molecular weight is 354 g/mol. The molecule has 0 heterocycles. The Morgan fingerprint density at radius 3 is 2.73 bits per heavy atom. The van der Waals surface area contributed by atoms with E-state index in [1.54, 1.807) is 7.05 Å². The highest BCUT2D eigenvalue weighted by atomic mass is 19.1. The van der Waals surface area contributed by atoms with Gasteiger partial charge in [0.15, 0.2) is 5.96 Å². The van der Waals surface area contributed by atoms with Crippen LogP contribution in [0.3, 0.4) is 0 Å². The Morgan fingerprint density at radius 2 is 2.04 bits per heavy atom. The van der Waals surface area contributed by atoms with E-state index in [1.807, 2.05) is 44.2 Å². The molecule has 26 heavy (non-hydrogen) atoms. The highest BCUT2D eigenvalue weighted by molar-refractivity contribution is 5.79. The summed E-state index contributed by atoms with van der Waals surface area (Å²) < 4.78 is 19.7. The molecule has 5 nitrogen and oxygen atoms in total. The second-order valence-electron chi connectivity index (χ2n) is 5.92. The summed E-state index contributed by atoms with van der Waals surface area (Å²) in [7, 11) is 1.64. The SMILES string of the molecule is CN=C(NCc1cc(C#N)ccc1F)NCC(C)Oc1ccccc1C. The molecule has 0 saturated carbocycles. The lowest BCUT2D eigenvalue weighted by Crippen LogP contribution is -2.41. The van der Waals surface area contributed by atoms with Crippen LogP contribution in [0.5, 0.6) is 5.75 Å². The van der Waals surface area contributed by atoms with E-state index in [4.69, 9.17) is 10.00 Å². The zero-order chi connectivity index (χ0) is 18.9. The second-order valence-corrected chi connectivity index (χ2v) is 5.92. The van der Waals surface area contributed by atoms with Crippen LogP contribution in [0, 0.1) is 24.1 Å². The van der Waals surface area contributed by atoms with Crippen LogP contribution in [0.1, 0.15) is 23.6 Å². The number of hydrogen-bond donors (Lipinski definition) is 2. The van der Waals surface area contributed by atoms with Crippen LogP contribution in [0.4, 0.5) is 4.39 Å². The van der Waals surface area contributed by atoms with E-state index in [2.05, 4.69) is 15.6 Å². The summed E-state index contributed by atoms with van der Waals surface area (Å²) in [5.41, 5.74) is 1.91. The highest BCUT2D eigenvalue weighted by Gasteiger charge is 2.09. The molecular weight excluding hydrogens is 331 g/mol. The molecule has 136 valence electrons. The van der Waals surface area contributed by atoms with Gasteiger partial charge in [0.25, 0.3) is 0 Å². The molecule has 0 fully saturated rings. The third-order valence-corrected chi connectivity index (χ3v) is 3.82. The Labute approximate surface area is 153 Å². The van der Waals surface area contributed by atoms with Crippen molar-refractivity contribution in [1.82, 2.24) is 10.6 Å². The van der Waals surface area contributed by atoms with Crippen molar-refractivity contribution < 1.29 is 9.13 Å². The van der Waals surface area contributed by atoms with Gasteiger partial charge in [0.1, 0.15) is 17.7 Å². The molecule has 2 aromatic rings. The maximum atomic E-state index is 13.8. The maximum Gasteiger partial charge on any atom is 0.191 e. The summed E-state index contributed by atoms with van der Waals surface area (Å²) in [5.74, 6) is 1.02. The molecule has 0 aliphatic heterocycles. The molecule has 2 aromatic carbocycles. The quantitative estimate of drug-likeness (QED) is 0.618. The lowest BCUT2D eigenvalue weighted by atomic mass is 10.1. The summed E-state index contributed by atoms with van der Waals surface area (Å²) in [5, 5.41) is 15.1. The Morgan fingerprint density at radius 1 is 1.27 bits per heavy atom. The first-order valence-corrected chi connectivity index (χ1v) is 8.38. The summed E-state index contributed by atoms with van der Waals surface area (Å²) >= 11 is 0. The first-order chi connectivity index (χ1) is 12.5. The van der Waals surface area contributed by atoms with E-state index in [0.717, 1.165) is 11.3 Å². The van der Waals surface area contributed by atoms with Crippen LogP contribution in [-0.2, 0) is 6.54 Å². The van der Waals surface area contributed by atoms with Crippen molar-refractivity contribution in [3.8, 4) is 11.8 Å². The van der Waals surface area contributed by atoms with Gasteiger partial charge in [-0.15, -0.1) is 0 Å². The van der Waals surface area contributed by atoms with Gasteiger partial charge in [0, 0.05) is 19.2 Å². The van der Waals surface area contributed by atoms with Gasteiger partial charge < -0.3 is 15.4 Å². The fourth-order valence-electron chi connectivity index (χ4n) is 2.37. The molecule has 0 aromatic heterocycles. The van der Waals surface area contributed by atoms with Gasteiger partial charge in [-0.25, -0.2) is 4.39 Å². The predicted molar refractivity (Wildman–Crippen MR) is 101 cm³/mol. The third kappa shape index (κ3) is 5.49. The minimum absolute atomic E-state index is 0.0756. The normalized spacial score (nSPS) is 12.2. The number of ether oxygens (including phenoxy) is 1. The molecule has 6 heteroatoms. The summed E-state index contributed by atoms with van der Waals surface area (Å²) in [4.78, 5) is 4.12. The molecule has 2 rings (SSSR count). The van der Waals surface area contributed by atoms with Crippen molar-refractivity contribution in [3.05, 3.63) is 65.0 Å². The Kier molecular flexibility index (Phi) is 6.98. The van der Waals surface area contributed by atoms with E-state index in [0.29, 0.717) is 23.6 Å². The Balaban J connectivity index is 1.86. The molecule has 0 spiro atoms. The number of hydrogen-bond acceptors (Lipinski definition) is 3. The lowest BCUT2D eigenvalue weighted by molar-refractivity contribution is 0.222.